The molecule has 182 valence electrons. The van der Waals surface area contributed by atoms with Crippen LogP contribution in [0.15, 0.2) is 79.0 Å². The fourth-order valence-corrected chi connectivity index (χ4v) is 5.20. The van der Waals surface area contributed by atoms with Gasteiger partial charge in [0, 0.05) is 43.2 Å². The van der Waals surface area contributed by atoms with Gasteiger partial charge in [0.15, 0.2) is 6.23 Å². The van der Waals surface area contributed by atoms with Crippen molar-refractivity contribution in [2.45, 2.75) is 19.3 Å². The Labute approximate surface area is 217 Å². The van der Waals surface area contributed by atoms with Crippen molar-refractivity contribution in [1.29, 1.82) is 0 Å². The number of fused-ring (bicyclic) bond motifs is 1. The molecule has 0 spiro atoms. The molecule has 0 fully saturated rings. The van der Waals surface area contributed by atoms with Crippen molar-refractivity contribution < 1.29 is 14.3 Å². The Balaban J connectivity index is 1.35. The number of benzene rings is 2. The molecule has 2 aromatic heterocycles. The van der Waals surface area contributed by atoms with Gasteiger partial charge in [0.05, 0.1) is 9.21 Å². The van der Waals surface area contributed by atoms with Gasteiger partial charge in [-0.25, -0.2) is 4.98 Å². The van der Waals surface area contributed by atoms with Crippen molar-refractivity contribution >= 4 is 46.3 Å². The molecule has 1 unspecified atom stereocenters. The van der Waals surface area contributed by atoms with Crippen molar-refractivity contribution in [1.82, 2.24) is 9.88 Å². The molecule has 0 radical (unpaired) electrons. The molecule has 0 saturated heterocycles. The summed E-state index contributed by atoms with van der Waals surface area (Å²) in [5.74, 6) is 0.366. The zero-order chi connectivity index (χ0) is 25.1. The molecular formula is C27H23ClN4O3S. The number of pyridine rings is 1. The highest BCUT2D eigenvalue weighted by Gasteiger charge is 2.39. The third-order valence-electron chi connectivity index (χ3n) is 5.88. The summed E-state index contributed by atoms with van der Waals surface area (Å²) in [5, 5.41) is 6.22. The standard InChI is InChI=1S/C27H23ClN4O3S/c1-35-27-24-19(8-5-9-20(24)31-25(33)21-11-12-22(28)36-21)26(34)32(27)16-18-7-4-6-17(14-18)15-30-23-10-2-3-13-29-23/h2-14,27H,15-16H2,1H3,(H,29,30)(H,31,33). The van der Waals surface area contributed by atoms with Gasteiger partial charge in [0.1, 0.15) is 5.82 Å². The molecule has 2 aromatic carbocycles. The molecule has 0 saturated carbocycles. The number of nitrogens with zero attached hydrogens (tertiary/aromatic N) is 2. The van der Waals surface area contributed by atoms with Crippen LogP contribution in [-0.4, -0.2) is 28.8 Å². The van der Waals surface area contributed by atoms with Crippen molar-refractivity contribution in [2.24, 2.45) is 0 Å². The van der Waals surface area contributed by atoms with Gasteiger partial charge in [0.25, 0.3) is 11.8 Å². The number of thiophene rings is 1. The molecule has 4 aromatic rings. The molecule has 36 heavy (non-hydrogen) atoms. The predicted molar refractivity (Wildman–Crippen MR) is 141 cm³/mol. The monoisotopic (exact) mass is 518 g/mol. The Hall–Kier alpha value is -3.72. The van der Waals surface area contributed by atoms with Crippen LogP contribution >= 0.6 is 22.9 Å². The summed E-state index contributed by atoms with van der Waals surface area (Å²) in [6, 6.07) is 22.4. The van der Waals surface area contributed by atoms with Crippen LogP contribution in [0.5, 0.6) is 0 Å². The van der Waals surface area contributed by atoms with Crippen LogP contribution < -0.4 is 10.6 Å². The first-order chi connectivity index (χ1) is 17.5. The number of carbonyl (C=O) groups excluding carboxylic acids is 2. The molecule has 2 amide bonds. The van der Waals surface area contributed by atoms with E-state index in [2.05, 4.69) is 21.7 Å². The van der Waals surface area contributed by atoms with E-state index in [0.29, 0.717) is 39.1 Å². The van der Waals surface area contributed by atoms with Gasteiger partial charge in [-0.1, -0.05) is 48.0 Å². The Bertz CT molecular complexity index is 1410. The van der Waals surface area contributed by atoms with Gasteiger partial charge in [-0.2, -0.15) is 0 Å². The Morgan fingerprint density at radius 1 is 1.08 bits per heavy atom. The SMILES string of the molecule is COC1c2c(NC(=O)c3ccc(Cl)s3)cccc2C(=O)N1Cc1cccc(CNc2ccccn2)c1. The molecule has 0 aliphatic carbocycles. The maximum Gasteiger partial charge on any atom is 0.265 e. The molecule has 7 nitrogen and oxygen atoms in total. The maximum absolute atomic E-state index is 13.4. The highest BCUT2D eigenvalue weighted by molar-refractivity contribution is 7.18. The number of ether oxygens (including phenoxy) is 1. The van der Waals surface area contributed by atoms with E-state index < -0.39 is 6.23 Å². The number of halogens is 1. The van der Waals surface area contributed by atoms with Crippen molar-refractivity contribution in [3.8, 4) is 0 Å². The minimum Gasteiger partial charge on any atom is -0.366 e. The first-order valence-electron chi connectivity index (χ1n) is 11.3. The molecule has 2 N–H and O–H groups in total. The molecule has 1 atom stereocenters. The Kier molecular flexibility index (Phi) is 6.99. The largest absolute Gasteiger partial charge is 0.366 e. The number of carbonyl (C=O) groups is 2. The fourth-order valence-electron chi connectivity index (χ4n) is 4.26. The molecule has 1 aliphatic rings. The maximum atomic E-state index is 13.4. The first-order valence-corrected chi connectivity index (χ1v) is 12.5. The summed E-state index contributed by atoms with van der Waals surface area (Å²) in [6.45, 7) is 0.965. The molecular weight excluding hydrogens is 496 g/mol. The van der Waals surface area contributed by atoms with E-state index in [1.807, 2.05) is 36.4 Å². The second kappa shape index (κ2) is 10.5. The van der Waals surface area contributed by atoms with Crippen LogP contribution in [0.25, 0.3) is 0 Å². The van der Waals surface area contributed by atoms with E-state index >= 15 is 0 Å². The summed E-state index contributed by atoms with van der Waals surface area (Å²) < 4.78 is 6.31. The van der Waals surface area contributed by atoms with E-state index in [1.54, 1.807) is 48.5 Å². The minimum atomic E-state index is -0.633. The normalized spacial score (nSPS) is 14.6. The summed E-state index contributed by atoms with van der Waals surface area (Å²) in [6.07, 6.45) is 1.11. The lowest BCUT2D eigenvalue weighted by atomic mass is 10.1. The first kappa shape index (κ1) is 24.0. The number of anilines is 2. The van der Waals surface area contributed by atoms with Crippen molar-refractivity contribution in [2.75, 3.05) is 17.7 Å². The molecule has 0 bridgehead atoms. The average Bonchev–Trinajstić information content (AvgIpc) is 3.45. The fraction of sp³-hybridized carbons (Fsp3) is 0.148. The van der Waals surface area contributed by atoms with E-state index in [1.165, 1.54) is 11.3 Å². The topological polar surface area (TPSA) is 83.6 Å². The van der Waals surface area contributed by atoms with Crippen molar-refractivity contribution in [3.63, 3.8) is 0 Å². The van der Waals surface area contributed by atoms with E-state index in [4.69, 9.17) is 16.3 Å². The van der Waals surface area contributed by atoms with Gasteiger partial charge in [-0.3, -0.25) is 9.59 Å². The minimum absolute atomic E-state index is 0.149. The molecule has 9 heteroatoms. The number of aromatic nitrogens is 1. The van der Waals surface area contributed by atoms with Crippen LogP contribution in [0, 0.1) is 0 Å². The van der Waals surface area contributed by atoms with Gasteiger partial charge in [-0.05, 0) is 47.5 Å². The predicted octanol–water partition coefficient (Wildman–Crippen LogP) is 5.96. The smallest absolute Gasteiger partial charge is 0.265 e. The van der Waals surface area contributed by atoms with Gasteiger partial charge >= 0.3 is 0 Å². The number of hydrogen-bond donors (Lipinski definition) is 2. The molecule has 1 aliphatic heterocycles. The van der Waals surface area contributed by atoms with Crippen LogP contribution in [0.2, 0.25) is 4.34 Å². The molecule has 3 heterocycles. The quantitative estimate of drug-likeness (QED) is 0.300. The zero-order valence-corrected chi connectivity index (χ0v) is 21.0. The van der Waals surface area contributed by atoms with E-state index in [9.17, 15) is 9.59 Å². The highest BCUT2D eigenvalue weighted by Crippen LogP contribution is 2.40. The summed E-state index contributed by atoms with van der Waals surface area (Å²) in [5.41, 5.74) is 3.74. The third-order valence-corrected chi connectivity index (χ3v) is 7.11. The van der Waals surface area contributed by atoms with Crippen LogP contribution in [0.1, 0.15) is 42.9 Å². The highest BCUT2D eigenvalue weighted by atomic mass is 35.5. The average molecular weight is 519 g/mol. The lowest BCUT2D eigenvalue weighted by Crippen LogP contribution is -2.28. The number of hydrogen-bond acceptors (Lipinski definition) is 6. The third kappa shape index (κ3) is 4.97. The van der Waals surface area contributed by atoms with Crippen molar-refractivity contribution in [3.05, 3.63) is 110 Å². The molecule has 5 rings (SSSR count). The number of methoxy groups -OCH3 is 1. The second-order valence-corrected chi connectivity index (χ2v) is 9.95. The van der Waals surface area contributed by atoms with Crippen LogP contribution in [0.3, 0.4) is 0 Å². The van der Waals surface area contributed by atoms with Crippen LogP contribution in [-0.2, 0) is 17.8 Å². The lowest BCUT2D eigenvalue weighted by molar-refractivity contribution is -0.0159. The van der Waals surface area contributed by atoms with E-state index in [-0.39, 0.29) is 11.8 Å². The number of nitrogens with one attached hydrogen (secondary N) is 2. The van der Waals surface area contributed by atoms with Crippen LogP contribution in [0.4, 0.5) is 11.5 Å². The van der Waals surface area contributed by atoms with Gasteiger partial charge < -0.3 is 20.3 Å². The zero-order valence-electron chi connectivity index (χ0n) is 19.4. The second-order valence-electron chi connectivity index (χ2n) is 8.23. The van der Waals surface area contributed by atoms with Gasteiger partial charge in [0.2, 0.25) is 0 Å². The Morgan fingerprint density at radius 3 is 2.67 bits per heavy atom. The summed E-state index contributed by atoms with van der Waals surface area (Å²) >= 11 is 7.18. The Morgan fingerprint density at radius 2 is 1.92 bits per heavy atom. The number of amides is 2. The van der Waals surface area contributed by atoms with E-state index in [0.717, 1.165) is 16.9 Å². The summed E-state index contributed by atoms with van der Waals surface area (Å²) in [4.78, 5) is 32.6. The number of rotatable bonds is 8. The summed E-state index contributed by atoms with van der Waals surface area (Å²) in [7, 11) is 1.56. The lowest BCUT2D eigenvalue weighted by Gasteiger charge is -2.25. The van der Waals surface area contributed by atoms with Gasteiger partial charge in [-0.15, -0.1) is 11.3 Å².